The standard InChI is InChI=1S/C10H11Cl2N3O2/c1-13-8(16)4-5-14-10(17)9-6(11)2-3-7(12)15-9/h2-3H,4-5H2,1H3,(H,13,16)(H,14,17). The highest BCUT2D eigenvalue weighted by molar-refractivity contribution is 6.34. The van der Waals surface area contributed by atoms with Crippen LogP contribution in [0.5, 0.6) is 0 Å². The third-order valence-electron chi connectivity index (χ3n) is 1.94. The number of rotatable bonds is 4. The number of amides is 2. The molecule has 0 aliphatic heterocycles. The van der Waals surface area contributed by atoms with Crippen molar-refractivity contribution < 1.29 is 9.59 Å². The first-order chi connectivity index (χ1) is 8.04. The summed E-state index contributed by atoms with van der Waals surface area (Å²) in [6, 6.07) is 2.98. The molecule has 0 unspecified atom stereocenters. The van der Waals surface area contributed by atoms with E-state index in [1.54, 1.807) is 0 Å². The van der Waals surface area contributed by atoms with Gasteiger partial charge in [-0.2, -0.15) is 0 Å². The average molecular weight is 276 g/mol. The molecular weight excluding hydrogens is 265 g/mol. The lowest BCUT2D eigenvalue weighted by atomic mass is 10.3. The minimum atomic E-state index is -0.457. The van der Waals surface area contributed by atoms with Gasteiger partial charge in [-0.05, 0) is 12.1 Å². The Bertz CT molecular complexity index is 438. The number of hydrogen-bond donors (Lipinski definition) is 2. The van der Waals surface area contributed by atoms with Crippen LogP contribution in [-0.2, 0) is 4.79 Å². The van der Waals surface area contributed by atoms with Crippen molar-refractivity contribution in [1.82, 2.24) is 15.6 Å². The van der Waals surface area contributed by atoms with Gasteiger partial charge >= 0.3 is 0 Å². The molecule has 7 heteroatoms. The smallest absolute Gasteiger partial charge is 0.271 e. The minimum Gasteiger partial charge on any atom is -0.359 e. The van der Waals surface area contributed by atoms with Crippen molar-refractivity contribution in [2.24, 2.45) is 0 Å². The van der Waals surface area contributed by atoms with Gasteiger partial charge in [0.1, 0.15) is 10.8 Å². The molecule has 0 atom stereocenters. The van der Waals surface area contributed by atoms with Gasteiger partial charge in [-0.3, -0.25) is 9.59 Å². The number of carbonyl (C=O) groups excluding carboxylic acids is 2. The molecule has 1 aromatic rings. The molecular formula is C10H11Cl2N3O2. The Kier molecular flexibility index (Phi) is 5.18. The van der Waals surface area contributed by atoms with Crippen molar-refractivity contribution in [1.29, 1.82) is 0 Å². The van der Waals surface area contributed by atoms with Gasteiger partial charge in [0.25, 0.3) is 5.91 Å². The quantitative estimate of drug-likeness (QED) is 0.813. The van der Waals surface area contributed by atoms with E-state index in [1.807, 2.05) is 0 Å². The molecule has 2 amide bonds. The Balaban J connectivity index is 2.58. The fraction of sp³-hybridized carbons (Fsp3) is 0.300. The van der Waals surface area contributed by atoms with Gasteiger partial charge in [-0.25, -0.2) is 4.98 Å². The van der Waals surface area contributed by atoms with Crippen LogP contribution < -0.4 is 10.6 Å². The lowest BCUT2D eigenvalue weighted by molar-refractivity contribution is -0.120. The summed E-state index contributed by atoms with van der Waals surface area (Å²) in [6.07, 6.45) is 0.195. The number of hydrogen-bond acceptors (Lipinski definition) is 3. The van der Waals surface area contributed by atoms with E-state index >= 15 is 0 Å². The second-order valence-corrected chi connectivity index (χ2v) is 3.94. The van der Waals surface area contributed by atoms with Gasteiger partial charge in [0, 0.05) is 20.0 Å². The Morgan fingerprint density at radius 2 is 2.06 bits per heavy atom. The van der Waals surface area contributed by atoms with Crippen molar-refractivity contribution in [3.05, 3.63) is 28.0 Å². The van der Waals surface area contributed by atoms with Crippen molar-refractivity contribution in [2.75, 3.05) is 13.6 Å². The number of halogens is 2. The summed E-state index contributed by atoms with van der Waals surface area (Å²) in [5.41, 5.74) is 0.0519. The molecule has 0 aliphatic rings. The predicted molar refractivity (Wildman–Crippen MR) is 65.3 cm³/mol. The van der Waals surface area contributed by atoms with E-state index in [0.29, 0.717) is 0 Å². The van der Waals surface area contributed by atoms with E-state index in [-0.39, 0.29) is 34.7 Å². The maximum absolute atomic E-state index is 11.6. The maximum Gasteiger partial charge on any atom is 0.271 e. The van der Waals surface area contributed by atoms with Crippen molar-refractivity contribution >= 4 is 35.0 Å². The molecule has 0 bridgehead atoms. The van der Waals surface area contributed by atoms with E-state index in [2.05, 4.69) is 15.6 Å². The Morgan fingerprint density at radius 1 is 1.35 bits per heavy atom. The summed E-state index contributed by atoms with van der Waals surface area (Å²) in [4.78, 5) is 26.4. The molecule has 0 aromatic carbocycles. The summed E-state index contributed by atoms with van der Waals surface area (Å²) in [5.74, 6) is -0.614. The number of carbonyl (C=O) groups is 2. The van der Waals surface area contributed by atoms with Crippen molar-refractivity contribution in [2.45, 2.75) is 6.42 Å². The van der Waals surface area contributed by atoms with Gasteiger partial charge in [0.2, 0.25) is 5.91 Å². The van der Waals surface area contributed by atoms with Crippen LogP contribution in [0.2, 0.25) is 10.2 Å². The Labute approximate surface area is 109 Å². The van der Waals surface area contributed by atoms with Crippen LogP contribution in [0.3, 0.4) is 0 Å². The maximum atomic E-state index is 11.6. The van der Waals surface area contributed by atoms with Crippen molar-refractivity contribution in [3.8, 4) is 0 Å². The second kappa shape index (κ2) is 6.42. The first-order valence-corrected chi connectivity index (χ1v) is 5.61. The summed E-state index contributed by atoms with van der Waals surface area (Å²) < 4.78 is 0. The molecule has 0 spiro atoms. The zero-order valence-corrected chi connectivity index (χ0v) is 10.6. The molecule has 0 fully saturated rings. The highest BCUT2D eigenvalue weighted by Gasteiger charge is 2.12. The first-order valence-electron chi connectivity index (χ1n) is 4.85. The largest absolute Gasteiger partial charge is 0.359 e. The molecule has 0 aliphatic carbocycles. The summed E-state index contributed by atoms with van der Waals surface area (Å²) in [6.45, 7) is 0.211. The molecule has 1 heterocycles. The molecule has 1 aromatic heterocycles. The average Bonchev–Trinajstić information content (AvgIpc) is 2.31. The second-order valence-electron chi connectivity index (χ2n) is 3.14. The third kappa shape index (κ3) is 4.20. The van der Waals surface area contributed by atoms with Gasteiger partial charge < -0.3 is 10.6 Å². The monoisotopic (exact) mass is 275 g/mol. The van der Waals surface area contributed by atoms with Crippen LogP contribution in [0.25, 0.3) is 0 Å². The Hall–Kier alpha value is -1.33. The predicted octanol–water partition coefficient (Wildman–Crippen LogP) is 1.25. The molecule has 2 N–H and O–H groups in total. The normalized spacial score (nSPS) is 9.82. The fourth-order valence-electron chi connectivity index (χ4n) is 1.08. The zero-order valence-electron chi connectivity index (χ0n) is 9.09. The van der Waals surface area contributed by atoms with Crippen LogP contribution >= 0.6 is 23.2 Å². The van der Waals surface area contributed by atoms with E-state index in [4.69, 9.17) is 23.2 Å². The van der Waals surface area contributed by atoms with Crippen LogP contribution in [0.15, 0.2) is 12.1 Å². The molecule has 0 radical (unpaired) electrons. The summed E-state index contributed by atoms with van der Waals surface area (Å²) in [5, 5.41) is 5.37. The zero-order chi connectivity index (χ0) is 12.8. The summed E-state index contributed by atoms with van der Waals surface area (Å²) in [7, 11) is 1.53. The Morgan fingerprint density at radius 3 is 2.71 bits per heavy atom. The fourth-order valence-corrected chi connectivity index (χ4v) is 1.41. The molecule has 17 heavy (non-hydrogen) atoms. The van der Waals surface area contributed by atoms with E-state index in [1.165, 1.54) is 19.2 Å². The number of nitrogens with one attached hydrogen (secondary N) is 2. The molecule has 5 nitrogen and oxygen atoms in total. The molecule has 92 valence electrons. The van der Waals surface area contributed by atoms with Crippen LogP contribution in [0, 0.1) is 0 Å². The highest BCUT2D eigenvalue weighted by atomic mass is 35.5. The van der Waals surface area contributed by atoms with Crippen LogP contribution in [0.1, 0.15) is 16.9 Å². The minimum absolute atomic E-state index is 0.0519. The van der Waals surface area contributed by atoms with Crippen molar-refractivity contribution in [3.63, 3.8) is 0 Å². The van der Waals surface area contributed by atoms with E-state index < -0.39 is 5.91 Å². The SMILES string of the molecule is CNC(=O)CCNC(=O)c1nc(Cl)ccc1Cl. The lowest BCUT2D eigenvalue weighted by Gasteiger charge is -2.05. The third-order valence-corrected chi connectivity index (χ3v) is 2.46. The molecule has 1 rings (SSSR count). The van der Waals surface area contributed by atoms with E-state index in [0.717, 1.165) is 0 Å². The highest BCUT2D eigenvalue weighted by Crippen LogP contribution is 2.16. The van der Waals surface area contributed by atoms with Gasteiger partial charge in [-0.15, -0.1) is 0 Å². The first kappa shape index (κ1) is 13.7. The van der Waals surface area contributed by atoms with Crippen LogP contribution in [-0.4, -0.2) is 30.4 Å². The molecule has 0 saturated carbocycles. The van der Waals surface area contributed by atoms with Crippen LogP contribution in [0.4, 0.5) is 0 Å². The topological polar surface area (TPSA) is 71.1 Å². The lowest BCUT2D eigenvalue weighted by Crippen LogP contribution is -2.29. The van der Waals surface area contributed by atoms with Gasteiger partial charge in [-0.1, -0.05) is 23.2 Å². The van der Waals surface area contributed by atoms with Gasteiger partial charge in [0.15, 0.2) is 0 Å². The summed E-state index contributed by atoms with van der Waals surface area (Å²) >= 11 is 11.5. The number of aromatic nitrogens is 1. The van der Waals surface area contributed by atoms with Gasteiger partial charge in [0.05, 0.1) is 5.02 Å². The van der Waals surface area contributed by atoms with E-state index in [9.17, 15) is 9.59 Å². The number of pyridine rings is 1. The number of nitrogens with zero attached hydrogens (tertiary/aromatic N) is 1. The molecule has 0 saturated heterocycles.